The van der Waals surface area contributed by atoms with Crippen LogP contribution in [0.15, 0.2) is 0 Å². The molecule has 2 heteroatoms. The third kappa shape index (κ3) is 1.11. The molecule has 4 atom stereocenters. The summed E-state index contributed by atoms with van der Waals surface area (Å²) in [5.74, 6) is 1.67. The Labute approximate surface area is 84.6 Å². The molecule has 2 aliphatic rings. The first-order valence-corrected chi connectivity index (χ1v) is 5.50. The van der Waals surface area contributed by atoms with Crippen LogP contribution in [-0.2, 0) is 0 Å². The zero-order chi connectivity index (χ0) is 9.15. The van der Waals surface area contributed by atoms with E-state index in [1.165, 1.54) is 0 Å². The summed E-state index contributed by atoms with van der Waals surface area (Å²) in [5.41, 5.74) is 0.514. The molecule has 0 aromatic carbocycles. The zero-order valence-electron chi connectivity index (χ0n) is 7.90. The molecule has 0 aromatic rings. The van der Waals surface area contributed by atoms with Crippen molar-refractivity contribution in [2.24, 2.45) is 17.3 Å². The third-order valence-corrected chi connectivity index (χ3v) is 5.21. The normalized spacial score (nSPS) is 56.2. The van der Waals surface area contributed by atoms with Gasteiger partial charge in [0.05, 0.1) is 10.3 Å². The van der Waals surface area contributed by atoms with E-state index in [0.717, 1.165) is 24.7 Å². The van der Waals surface area contributed by atoms with E-state index in [-0.39, 0.29) is 10.3 Å². The molecular formula is C10H16Cl2. The largest absolute Gasteiger partial charge is 0.121 e. The number of alkyl halides is 2. The summed E-state index contributed by atoms with van der Waals surface area (Å²) in [7, 11) is 0. The molecule has 1 unspecified atom stereocenters. The maximum Gasteiger partial charge on any atom is 0.0584 e. The highest BCUT2D eigenvalue weighted by atomic mass is 35.5. The molecule has 2 aliphatic carbocycles. The first-order valence-electron chi connectivity index (χ1n) is 4.68. The average molecular weight is 207 g/mol. The van der Waals surface area contributed by atoms with Crippen molar-refractivity contribution in [1.29, 1.82) is 0 Å². The fraction of sp³-hybridized carbons (Fsp3) is 1.00. The van der Waals surface area contributed by atoms with Crippen molar-refractivity contribution in [3.8, 4) is 0 Å². The number of fused-ring (bicyclic) bond motifs is 1. The van der Waals surface area contributed by atoms with Crippen molar-refractivity contribution in [2.75, 3.05) is 0 Å². The Bertz CT molecular complexity index is 208. The summed E-state index contributed by atoms with van der Waals surface area (Å²) < 4.78 is 0. The Kier molecular flexibility index (Phi) is 1.78. The van der Waals surface area contributed by atoms with Gasteiger partial charge in [-0.05, 0) is 37.0 Å². The van der Waals surface area contributed by atoms with E-state index in [1.54, 1.807) is 0 Å². The first-order chi connectivity index (χ1) is 5.36. The minimum absolute atomic E-state index is 0.156. The second-order valence-electron chi connectivity index (χ2n) is 5.22. The highest BCUT2D eigenvalue weighted by Crippen LogP contribution is 2.67. The van der Waals surface area contributed by atoms with Gasteiger partial charge in [0.2, 0.25) is 0 Å². The maximum atomic E-state index is 6.34. The predicted octanol–water partition coefficient (Wildman–Crippen LogP) is 3.66. The quantitative estimate of drug-likeness (QED) is 0.532. The molecule has 12 heavy (non-hydrogen) atoms. The fourth-order valence-corrected chi connectivity index (χ4v) is 3.29. The van der Waals surface area contributed by atoms with E-state index in [9.17, 15) is 0 Å². The second-order valence-corrected chi connectivity index (χ2v) is 6.61. The van der Waals surface area contributed by atoms with Gasteiger partial charge in [0, 0.05) is 0 Å². The minimum Gasteiger partial charge on any atom is -0.121 e. The van der Waals surface area contributed by atoms with Crippen molar-refractivity contribution in [1.82, 2.24) is 0 Å². The van der Waals surface area contributed by atoms with Gasteiger partial charge in [0.15, 0.2) is 0 Å². The summed E-state index contributed by atoms with van der Waals surface area (Å²) in [4.78, 5) is -0.156. The molecule has 0 aliphatic heterocycles. The van der Waals surface area contributed by atoms with E-state index in [2.05, 4.69) is 20.8 Å². The summed E-state index contributed by atoms with van der Waals surface area (Å²) in [6, 6.07) is 0. The smallest absolute Gasteiger partial charge is 0.0584 e. The molecule has 0 N–H and O–H groups in total. The molecule has 2 fully saturated rings. The zero-order valence-corrected chi connectivity index (χ0v) is 9.41. The van der Waals surface area contributed by atoms with E-state index in [1.807, 2.05) is 0 Å². The van der Waals surface area contributed by atoms with Crippen LogP contribution in [0.5, 0.6) is 0 Å². The molecule has 70 valence electrons. The third-order valence-electron chi connectivity index (χ3n) is 4.02. The van der Waals surface area contributed by atoms with Crippen LogP contribution in [0.2, 0.25) is 0 Å². The lowest BCUT2D eigenvalue weighted by molar-refractivity contribution is 0.402. The Morgan fingerprint density at radius 2 is 1.75 bits per heavy atom. The standard InChI is InChI=1S/C10H16Cl2/c1-9(2)6-4-8(11)10(3,12)5-7(6)9/h6-8H,4-5H2,1-3H3/t6-,7+,8?,10-/m1/s1. The van der Waals surface area contributed by atoms with Crippen LogP contribution in [-0.4, -0.2) is 10.3 Å². The Hall–Kier alpha value is 0.580. The van der Waals surface area contributed by atoms with Gasteiger partial charge in [-0.25, -0.2) is 0 Å². The molecule has 0 aromatic heterocycles. The van der Waals surface area contributed by atoms with Gasteiger partial charge < -0.3 is 0 Å². The van der Waals surface area contributed by atoms with Crippen LogP contribution < -0.4 is 0 Å². The first kappa shape index (κ1) is 9.15. The van der Waals surface area contributed by atoms with Crippen molar-refractivity contribution < 1.29 is 0 Å². The van der Waals surface area contributed by atoms with Gasteiger partial charge in [0.25, 0.3) is 0 Å². The number of rotatable bonds is 0. The Morgan fingerprint density at radius 1 is 1.17 bits per heavy atom. The molecule has 0 saturated heterocycles. The van der Waals surface area contributed by atoms with Gasteiger partial charge in [-0.1, -0.05) is 13.8 Å². The van der Waals surface area contributed by atoms with Crippen LogP contribution in [0.4, 0.5) is 0 Å². The van der Waals surface area contributed by atoms with Crippen LogP contribution >= 0.6 is 23.2 Å². The fourth-order valence-electron chi connectivity index (χ4n) is 2.76. The number of hydrogen-bond acceptors (Lipinski definition) is 0. The Morgan fingerprint density at radius 3 is 2.25 bits per heavy atom. The molecule has 0 radical (unpaired) electrons. The SMILES string of the molecule is CC1(C)[C@@H]2CC(Cl)[C@](C)(Cl)C[C@@H]21. The monoisotopic (exact) mass is 206 g/mol. The topological polar surface area (TPSA) is 0 Å². The van der Waals surface area contributed by atoms with Crippen LogP contribution in [0.3, 0.4) is 0 Å². The summed E-state index contributed by atoms with van der Waals surface area (Å²) in [6.07, 6.45) is 2.21. The Balaban J connectivity index is 2.14. The van der Waals surface area contributed by atoms with E-state index < -0.39 is 0 Å². The van der Waals surface area contributed by atoms with Gasteiger partial charge in [-0.15, -0.1) is 23.2 Å². The minimum atomic E-state index is -0.156. The van der Waals surface area contributed by atoms with Crippen LogP contribution in [0.25, 0.3) is 0 Å². The summed E-state index contributed by atoms with van der Waals surface area (Å²) in [5, 5.41) is 0.169. The van der Waals surface area contributed by atoms with Crippen molar-refractivity contribution in [2.45, 2.75) is 43.9 Å². The molecule has 0 heterocycles. The molecular weight excluding hydrogens is 191 g/mol. The molecule has 2 saturated carbocycles. The van der Waals surface area contributed by atoms with Gasteiger partial charge in [-0.3, -0.25) is 0 Å². The highest BCUT2D eigenvalue weighted by molar-refractivity contribution is 6.32. The van der Waals surface area contributed by atoms with Gasteiger partial charge in [-0.2, -0.15) is 0 Å². The lowest BCUT2D eigenvalue weighted by atomic mass is 9.89. The van der Waals surface area contributed by atoms with Crippen molar-refractivity contribution >= 4 is 23.2 Å². The predicted molar refractivity (Wildman–Crippen MR) is 53.9 cm³/mol. The van der Waals surface area contributed by atoms with Crippen LogP contribution in [0.1, 0.15) is 33.6 Å². The van der Waals surface area contributed by atoms with E-state index in [0.29, 0.717) is 5.41 Å². The number of halogens is 2. The lowest BCUT2D eigenvalue weighted by Gasteiger charge is -2.31. The van der Waals surface area contributed by atoms with Gasteiger partial charge >= 0.3 is 0 Å². The van der Waals surface area contributed by atoms with E-state index in [4.69, 9.17) is 23.2 Å². The average Bonchev–Trinajstić information content (AvgIpc) is 2.37. The summed E-state index contributed by atoms with van der Waals surface area (Å²) in [6.45, 7) is 6.76. The van der Waals surface area contributed by atoms with E-state index >= 15 is 0 Å². The van der Waals surface area contributed by atoms with Crippen molar-refractivity contribution in [3.05, 3.63) is 0 Å². The molecule has 0 amide bonds. The molecule has 2 rings (SSSR count). The molecule has 0 spiro atoms. The maximum absolute atomic E-state index is 6.34. The highest BCUT2D eigenvalue weighted by Gasteiger charge is 2.63. The van der Waals surface area contributed by atoms with Gasteiger partial charge in [0.1, 0.15) is 0 Å². The molecule has 0 nitrogen and oxygen atoms in total. The second kappa shape index (κ2) is 2.33. The van der Waals surface area contributed by atoms with Crippen LogP contribution in [0, 0.1) is 17.3 Å². The number of hydrogen-bond donors (Lipinski definition) is 0. The summed E-state index contributed by atoms with van der Waals surface area (Å²) >= 11 is 12.6. The van der Waals surface area contributed by atoms with Crippen molar-refractivity contribution in [3.63, 3.8) is 0 Å². The molecule has 0 bridgehead atoms. The lowest BCUT2D eigenvalue weighted by Crippen LogP contribution is -2.33.